The first-order valence-corrected chi connectivity index (χ1v) is 15.9. The molecular weight excluding hydrogens is 736 g/mol. The van der Waals surface area contributed by atoms with Crippen LogP contribution in [0.5, 0.6) is 11.5 Å². The van der Waals surface area contributed by atoms with Crippen LogP contribution in [-0.2, 0) is 6.61 Å². The predicted molar refractivity (Wildman–Crippen MR) is 173 cm³/mol. The van der Waals surface area contributed by atoms with Crippen molar-refractivity contribution in [2.45, 2.75) is 51.6 Å². The highest BCUT2D eigenvalue weighted by atomic mass is 79.9. The number of nitro groups is 1. The molecule has 0 spiro atoms. The molecule has 5 rings (SSSR count). The molecule has 1 aliphatic carbocycles. The first kappa shape index (κ1) is 30.4. The molecule has 1 fully saturated rings. The maximum absolute atomic E-state index is 13.7. The molecule has 12 heteroatoms. The molecule has 9 nitrogen and oxygen atoms in total. The summed E-state index contributed by atoms with van der Waals surface area (Å²) in [7, 11) is 0. The minimum Gasteiger partial charge on any atom is -0.490 e. The molecule has 0 bridgehead atoms. The summed E-state index contributed by atoms with van der Waals surface area (Å²) >= 11 is 10.4. The zero-order valence-electron chi connectivity index (χ0n) is 22.7. The van der Waals surface area contributed by atoms with Crippen LogP contribution in [-0.4, -0.2) is 27.4 Å². The molecule has 0 radical (unpaired) electrons. The van der Waals surface area contributed by atoms with Gasteiger partial charge in [-0.3, -0.25) is 14.9 Å². The van der Waals surface area contributed by atoms with Crippen molar-refractivity contribution >= 4 is 70.6 Å². The standard InChI is InChI=1S/C30H27Br3N4O5/c1-2-41-27-13-18(12-26(37(39)40)28(27)42-17-20-8-9-22(32)15-24(20)33)16-34-36-29(19-6-4-3-5-7-19)35-25-11-10-21(31)14-23(25)30(36)38/h8-16,19H,2-7,17H2,1H3. The summed E-state index contributed by atoms with van der Waals surface area (Å²) < 4.78 is 15.5. The molecule has 0 unspecified atom stereocenters. The molecule has 1 saturated carbocycles. The quantitative estimate of drug-likeness (QED) is 0.0962. The van der Waals surface area contributed by atoms with E-state index in [1.807, 2.05) is 30.3 Å². The number of nitrogens with zero attached hydrogens (tertiary/aromatic N) is 4. The zero-order chi connectivity index (χ0) is 29.8. The summed E-state index contributed by atoms with van der Waals surface area (Å²) in [6, 6.07) is 14.0. The van der Waals surface area contributed by atoms with Gasteiger partial charge in [-0.15, -0.1) is 0 Å². The molecule has 42 heavy (non-hydrogen) atoms. The number of fused-ring (bicyclic) bond motifs is 1. The second kappa shape index (κ2) is 13.5. The summed E-state index contributed by atoms with van der Waals surface area (Å²) in [5, 5.41) is 17.1. The number of hydrogen-bond acceptors (Lipinski definition) is 7. The average molecular weight is 763 g/mol. The number of ether oxygens (including phenoxy) is 2. The van der Waals surface area contributed by atoms with E-state index in [0.717, 1.165) is 51.1 Å². The minimum absolute atomic E-state index is 0.0195. The van der Waals surface area contributed by atoms with E-state index >= 15 is 0 Å². The van der Waals surface area contributed by atoms with Crippen LogP contribution in [0.25, 0.3) is 10.9 Å². The molecule has 3 aromatic carbocycles. The lowest BCUT2D eigenvalue weighted by Gasteiger charge is -2.22. The van der Waals surface area contributed by atoms with Gasteiger partial charge in [0.25, 0.3) is 5.56 Å². The van der Waals surface area contributed by atoms with E-state index in [4.69, 9.17) is 14.5 Å². The highest BCUT2D eigenvalue weighted by Gasteiger charge is 2.25. The number of benzene rings is 3. The second-order valence-corrected chi connectivity index (χ2v) is 12.6. The van der Waals surface area contributed by atoms with Gasteiger partial charge in [0.05, 0.1) is 28.6 Å². The fraction of sp³-hybridized carbons (Fsp3) is 0.300. The van der Waals surface area contributed by atoms with Crippen LogP contribution in [0.2, 0.25) is 0 Å². The lowest BCUT2D eigenvalue weighted by atomic mass is 9.88. The van der Waals surface area contributed by atoms with Crippen molar-refractivity contribution in [3.05, 3.63) is 99.4 Å². The van der Waals surface area contributed by atoms with Crippen LogP contribution >= 0.6 is 47.8 Å². The Labute approximate surface area is 267 Å². The largest absolute Gasteiger partial charge is 0.490 e. The van der Waals surface area contributed by atoms with Gasteiger partial charge in [-0.05, 0) is 56.2 Å². The number of aromatic nitrogens is 2. The molecule has 0 atom stereocenters. The Morgan fingerprint density at radius 1 is 1.05 bits per heavy atom. The van der Waals surface area contributed by atoms with Crippen LogP contribution < -0.4 is 15.0 Å². The Balaban J connectivity index is 1.56. The van der Waals surface area contributed by atoms with Gasteiger partial charge < -0.3 is 9.47 Å². The van der Waals surface area contributed by atoms with E-state index in [2.05, 4.69) is 52.9 Å². The zero-order valence-corrected chi connectivity index (χ0v) is 27.4. The van der Waals surface area contributed by atoms with E-state index in [1.165, 1.54) is 17.0 Å². The molecular formula is C30H27Br3N4O5. The van der Waals surface area contributed by atoms with Crippen LogP contribution in [0.4, 0.5) is 5.69 Å². The van der Waals surface area contributed by atoms with Crippen molar-refractivity contribution in [3.8, 4) is 11.5 Å². The summed E-state index contributed by atoms with van der Waals surface area (Å²) in [6.45, 7) is 2.14. The molecule has 4 aromatic rings. The monoisotopic (exact) mass is 760 g/mol. The van der Waals surface area contributed by atoms with Crippen LogP contribution in [0.15, 0.2) is 71.8 Å². The van der Waals surface area contributed by atoms with Gasteiger partial charge >= 0.3 is 5.69 Å². The van der Waals surface area contributed by atoms with Crippen LogP contribution in [0.1, 0.15) is 61.9 Å². The fourth-order valence-corrected chi connectivity index (χ4v) is 6.56. The fourth-order valence-electron chi connectivity index (χ4n) is 5.04. The van der Waals surface area contributed by atoms with Gasteiger partial charge in [-0.2, -0.15) is 9.78 Å². The van der Waals surface area contributed by atoms with E-state index in [1.54, 1.807) is 19.1 Å². The topological polar surface area (TPSA) is 109 Å². The molecule has 218 valence electrons. The summed E-state index contributed by atoms with van der Waals surface area (Å²) in [6.07, 6.45) is 6.55. The molecule has 0 N–H and O–H groups in total. The van der Waals surface area contributed by atoms with Gasteiger partial charge in [0.15, 0.2) is 5.75 Å². The number of nitro benzene ring substituents is 1. The summed E-state index contributed by atoms with van der Waals surface area (Å²) in [4.78, 5) is 30.2. The minimum atomic E-state index is -0.513. The third-order valence-corrected chi connectivity index (χ3v) is 8.79. The second-order valence-electron chi connectivity index (χ2n) is 9.91. The van der Waals surface area contributed by atoms with E-state index in [9.17, 15) is 14.9 Å². The van der Waals surface area contributed by atoms with Crippen molar-refractivity contribution < 1.29 is 14.4 Å². The molecule has 0 amide bonds. The maximum Gasteiger partial charge on any atom is 0.315 e. The van der Waals surface area contributed by atoms with E-state index in [-0.39, 0.29) is 41.9 Å². The Morgan fingerprint density at radius 2 is 1.79 bits per heavy atom. The van der Waals surface area contributed by atoms with Crippen molar-refractivity contribution in [1.82, 2.24) is 9.66 Å². The third-order valence-electron chi connectivity index (χ3n) is 7.07. The van der Waals surface area contributed by atoms with Crippen molar-refractivity contribution in [1.29, 1.82) is 0 Å². The molecule has 1 aromatic heterocycles. The lowest BCUT2D eigenvalue weighted by molar-refractivity contribution is -0.386. The molecule has 0 aliphatic heterocycles. The normalized spacial score (nSPS) is 14.0. The van der Waals surface area contributed by atoms with Gasteiger partial charge in [-0.1, -0.05) is 73.1 Å². The highest BCUT2D eigenvalue weighted by molar-refractivity contribution is 9.11. The van der Waals surface area contributed by atoms with Gasteiger partial charge in [0.2, 0.25) is 5.75 Å². The Hall–Kier alpha value is -3.09. The summed E-state index contributed by atoms with van der Waals surface area (Å²) in [5.74, 6) is 0.928. The first-order chi connectivity index (χ1) is 20.2. The highest BCUT2D eigenvalue weighted by Crippen LogP contribution is 2.39. The van der Waals surface area contributed by atoms with Crippen LogP contribution in [0, 0.1) is 10.1 Å². The Kier molecular flexibility index (Phi) is 9.74. The summed E-state index contributed by atoms with van der Waals surface area (Å²) in [5.41, 5.74) is 1.25. The van der Waals surface area contributed by atoms with Gasteiger partial charge in [0, 0.05) is 36.5 Å². The first-order valence-electron chi connectivity index (χ1n) is 13.5. The van der Waals surface area contributed by atoms with E-state index in [0.29, 0.717) is 22.3 Å². The smallest absolute Gasteiger partial charge is 0.315 e. The van der Waals surface area contributed by atoms with Gasteiger partial charge in [0.1, 0.15) is 12.4 Å². The van der Waals surface area contributed by atoms with Crippen molar-refractivity contribution in [2.24, 2.45) is 5.10 Å². The SMILES string of the molecule is CCOc1cc(C=Nn2c(C3CCCCC3)nc3ccc(Br)cc3c2=O)cc([N+](=O)[O-])c1OCc1ccc(Br)cc1Br. The van der Waals surface area contributed by atoms with Crippen molar-refractivity contribution in [3.63, 3.8) is 0 Å². The van der Waals surface area contributed by atoms with E-state index < -0.39 is 4.92 Å². The Morgan fingerprint density at radius 3 is 2.50 bits per heavy atom. The maximum atomic E-state index is 13.7. The average Bonchev–Trinajstić information content (AvgIpc) is 2.97. The molecule has 0 saturated heterocycles. The number of rotatable bonds is 9. The molecule has 1 aliphatic rings. The number of hydrogen-bond donors (Lipinski definition) is 0. The number of halogens is 3. The predicted octanol–water partition coefficient (Wildman–Crippen LogP) is 8.50. The molecule has 1 heterocycles. The Bertz CT molecular complexity index is 1730. The van der Waals surface area contributed by atoms with Gasteiger partial charge in [-0.25, -0.2) is 4.98 Å². The van der Waals surface area contributed by atoms with Crippen molar-refractivity contribution in [2.75, 3.05) is 6.61 Å². The lowest BCUT2D eigenvalue weighted by Crippen LogP contribution is -2.25. The van der Waals surface area contributed by atoms with Crippen LogP contribution in [0.3, 0.4) is 0 Å². The third kappa shape index (κ3) is 6.76.